The van der Waals surface area contributed by atoms with Gasteiger partial charge in [-0.25, -0.2) is 0 Å². The van der Waals surface area contributed by atoms with Gasteiger partial charge >= 0.3 is 0 Å². The number of nitrogens with two attached hydrogens (primary N) is 1. The molecule has 0 radical (unpaired) electrons. The van der Waals surface area contributed by atoms with Crippen molar-refractivity contribution in [2.75, 3.05) is 19.8 Å². The van der Waals surface area contributed by atoms with Gasteiger partial charge in [-0.05, 0) is 44.6 Å². The van der Waals surface area contributed by atoms with Gasteiger partial charge in [0.05, 0.1) is 11.5 Å². The summed E-state index contributed by atoms with van der Waals surface area (Å²) >= 11 is 0. The Balaban J connectivity index is 0.00000225. The third-order valence-electron chi connectivity index (χ3n) is 5.33. The van der Waals surface area contributed by atoms with Gasteiger partial charge in [-0.3, -0.25) is 4.79 Å². The lowest BCUT2D eigenvalue weighted by Crippen LogP contribution is -2.49. The van der Waals surface area contributed by atoms with Crippen LogP contribution in [-0.4, -0.2) is 31.8 Å². The Kier molecular flexibility index (Phi) is 7.54. The van der Waals surface area contributed by atoms with Crippen molar-refractivity contribution in [3.8, 4) is 5.75 Å². The van der Waals surface area contributed by atoms with E-state index in [2.05, 4.69) is 5.32 Å². The van der Waals surface area contributed by atoms with Crippen LogP contribution >= 0.6 is 12.4 Å². The molecule has 5 nitrogen and oxygen atoms in total. The van der Waals surface area contributed by atoms with E-state index in [-0.39, 0.29) is 18.3 Å². The van der Waals surface area contributed by atoms with E-state index in [1.165, 1.54) is 12.8 Å². The van der Waals surface area contributed by atoms with Gasteiger partial charge in [-0.1, -0.05) is 18.2 Å². The molecule has 0 aromatic heterocycles. The molecule has 2 fully saturated rings. The van der Waals surface area contributed by atoms with Crippen molar-refractivity contribution >= 4 is 18.3 Å². The summed E-state index contributed by atoms with van der Waals surface area (Å²) in [5.41, 5.74) is 6.44. The summed E-state index contributed by atoms with van der Waals surface area (Å²) in [6, 6.07) is 7.97. The van der Waals surface area contributed by atoms with Crippen LogP contribution in [0.5, 0.6) is 5.75 Å². The zero-order valence-corrected chi connectivity index (χ0v) is 15.5. The fraction of sp³-hybridized carbons (Fsp3) is 0.632. The second-order valence-corrected chi connectivity index (χ2v) is 6.91. The molecule has 6 heteroatoms. The summed E-state index contributed by atoms with van der Waals surface area (Å²) in [5, 5.41) is 3.07. The third kappa shape index (κ3) is 4.87. The van der Waals surface area contributed by atoms with Crippen molar-refractivity contribution in [1.82, 2.24) is 5.32 Å². The van der Waals surface area contributed by atoms with Gasteiger partial charge in [-0.2, -0.15) is 0 Å². The van der Waals surface area contributed by atoms with E-state index in [0.29, 0.717) is 45.2 Å². The van der Waals surface area contributed by atoms with Gasteiger partial charge in [0.15, 0.2) is 0 Å². The molecular weight excluding hydrogens is 340 g/mol. The average molecular weight is 369 g/mol. The van der Waals surface area contributed by atoms with Crippen LogP contribution in [0.2, 0.25) is 0 Å². The van der Waals surface area contributed by atoms with Crippen molar-refractivity contribution in [3.05, 3.63) is 29.8 Å². The lowest BCUT2D eigenvalue weighted by atomic mass is 9.79. The fourth-order valence-corrected chi connectivity index (χ4v) is 3.60. The zero-order valence-electron chi connectivity index (χ0n) is 14.7. The topological polar surface area (TPSA) is 73.6 Å². The van der Waals surface area contributed by atoms with Gasteiger partial charge in [0.25, 0.3) is 0 Å². The van der Waals surface area contributed by atoms with E-state index in [4.69, 9.17) is 15.2 Å². The normalized spacial score (nSPS) is 19.9. The smallest absolute Gasteiger partial charge is 0.227 e. The summed E-state index contributed by atoms with van der Waals surface area (Å²) in [7, 11) is 0. The summed E-state index contributed by atoms with van der Waals surface area (Å²) in [6.07, 6.45) is 6.42. The molecule has 1 aromatic rings. The molecule has 1 heterocycles. The minimum Gasteiger partial charge on any atom is -0.490 e. The maximum atomic E-state index is 12.7. The van der Waals surface area contributed by atoms with E-state index >= 15 is 0 Å². The Hall–Kier alpha value is -1.30. The molecule has 2 aliphatic rings. The summed E-state index contributed by atoms with van der Waals surface area (Å²) in [5.74, 6) is 0.919. The SMILES string of the molecule is Cl.NCC1(C(=O)NCc2ccccc2OC2CCCC2)CCOCC1. The highest BCUT2D eigenvalue weighted by atomic mass is 35.5. The van der Waals surface area contributed by atoms with E-state index in [0.717, 1.165) is 24.2 Å². The molecule has 0 atom stereocenters. The van der Waals surface area contributed by atoms with Gasteiger partial charge < -0.3 is 20.5 Å². The number of ether oxygens (including phenoxy) is 2. The maximum Gasteiger partial charge on any atom is 0.227 e. The number of carbonyl (C=O) groups excluding carboxylic acids is 1. The highest BCUT2D eigenvalue weighted by molar-refractivity contribution is 5.85. The monoisotopic (exact) mass is 368 g/mol. The van der Waals surface area contributed by atoms with Gasteiger partial charge in [0, 0.05) is 31.9 Å². The minimum absolute atomic E-state index is 0. The lowest BCUT2D eigenvalue weighted by molar-refractivity contribution is -0.136. The van der Waals surface area contributed by atoms with Crippen molar-refractivity contribution in [3.63, 3.8) is 0 Å². The summed E-state index contributed by atoms with van der Waals surface area (Å²) in [6.45, 7) is 2.05. The Morgan fingerprint density at radius 3 is 2.60 bits per heavy atom. The number of halogens is 1. The first kappa shape index (κ1) is 20.0. The van der Waals surface area contributed by atoms with Crippen LogP contribution in [0.4, 0.5) is 0 Å². The quantitative estimate of drug-likeness (QED) is 0.809. The van der Waals surface area contributed by atoms with Crippen molar-refractivity contribution in [2.45, 2.75) is 51.2 Å². The van der Waals surface area contributed by atoms with Crippen molar-refractivity contribution in [2.24, 2.45) is 11.1 Å². The number of hydrogen-bond acceptors (Lipinski definition) is 4. The minimum atomic E-state index is -0.487. The largest absolute Gasteiger partial charge is 0.490 e. The second-order valence-electron chi connectivity index (χ2n) is 6.91. The summed E-state index contributed by atoms with van der Waals surface area (Å²) < 4.78 is 11.5. The standard InChI is InChI=1S/C19H28N2O3.ClH/c20-14-19(9-11-23-12-10-19)18(22)21-13-15-5-1-4-8-17(15)24-16-6-2-3-7-16;/h1,4-5,8,16H,2-3,6-7,9-14,20H2,(H,21,22);1H. The average Bonchev–Trinajstić information content (AvgIpc) is 3.14. The van der Waals surface area contributed by atoms with E-state index < -0.39 is 5.41 Å². The Labute approximate surface area is 156 Å². The first-order valence-corrected chi connectivity index (χ1v) is 9.04. The van der Waals surface area contributed by atoms with Gasteiger partial charge in [0.2, 0.25) is 5.91 Å². The number of benzene rings is 1. The molecule has 1 aliphatic heterocycles. The van der Waals surface area contributed by atoms with Crippen LogP contribution < -0.4 is 15.8 Å². The molecule has 25 heavy (non-hydrogen) atoms. The first-order chi connectivity index (χ1) is 11.7. The fourth-order valence-electron chi connectivity index (χ4n) is 3.60. The highest BCUT2D eigenvalue weighted by Gasteiger charge is 2.38. The van der Waals surface area contributed by atoms with E-state index in [1.54, 1.807) is 0 Å². The second kappa shape index (κ2) is 9.41. The lowest BCUT2D eigenvalue weighted by Gasteiger charge is -2.34. The predicted octanol–water partition coefficient (Wildman–Crippen LogP) is 2.80. The molecule has 3 rings (SSSR count). The van der Waals surface area contributed by atoms with E-state index in [9.17, 15) is 4.79 Å². The van der Waals surface area contributed by atoms with Crippen LogP contribution in [0, 0.1) is 5.41 Å². The molecular formula is C19H29ClN2O3. The van der Waals surface area contributed by atoms with Crippen molar-refractivity contribution < 1.29 is 14.3 Å². The zero-order chi connectivity index (χ0) is 16.8. The number of para-hydroxylation sites is 1. The molecule has 1 saturated heterocycles. The van der Waals surface area contributed by atoms with Gasteiger partial charge in [-0.15, -0.1) is 12.4 Å². The Morgan fingerprint density at radius 1 is 1.24 bits per heavy atom. The van der Waals surface area contributed by atoms with Crippen LogP contribution in [0.3, 0.4) is 0 Å². The summed E-state index contributed by atoms with van der Waals surface area (Å²) in [4.78, 5) is 12.7. The molecule has 0 bridgehead atoms. The van der Waals surface area contributed by atoms with Gasteiger partial charge in [0.1, 0.15) is 5.75 Å². The maximum absolute atomic E-state index is 12.7. The number of nitrogens with one attached hydrogen (secondary N) is 1. The molecule has 1 aromatic carbocycles. The molecule has 3 N–H and O–H groups in total. The predicted molar refractivity (Wildman–Crippen MR) is 100.0 cm³/mol. The molecule has 140 valence electrons. The first-order valence-electron chi connectivity index (χ1n) is 9.04. The van der Waals surface area contributed by atoms with Crippen LogP contribution in [0.1, 0.15) is 44.1 Å². The number of hydrogen-bond donors (Lipinski definition) is 2. The number of carbonyl (C=O) groups is 1. The highest BCUT2D eigenvalue weighted by Crippen LogP contribution is 2.30. The third-order valence-corrected chi connectivity index (χ3v) is 5.33. The number of rotatable bonds is 6. The van der Waals surface area contributed by atoms with Crippen LogP contribution in [-0.2, 0) is 16.1 Å². The van der Waals surface area contributed by atoms with Crippen molar-refractivity contribution in [1.29, 1.82) is 0 Å². The van der Waals surface area contributed by atoms with Crippen LogP contribution in [0.25, 0.3) is 0 Å². The Morgan fingerprint density at radius 2 is 1.92 bits per heavy atom. The molecule has 0 unspecified atom stereocenters. The Bertz CT molecular complexity index is 555. The molecule has 0 spiro atoms. The molecule has 1 aliphatic carbocycles. The number of amides is 1. The molecule has 1 saturated carbocycles. The molecule has 1 amide bonds. The van der Waals surface area contributed by atoms with Crippen LogP contribution in [0.15, 0.2) is 24.3 Å². The van der Waals surface area contributed by atoms with E-state index in [1.807, 2.05) is 24.3 Å².